The Morgan fingerprint density at radius 2 is 2.00 bits per heavy atom. The Morgan fingerprint density at radius 1 is 1.33 bits per heavy atom. The Kier molecular flexibility index (Phi) is 6.21. The van der Waals surface area contributed by atoms with E-state index in [0.29, 0.717) is 6.54 Å². The molecule has 0 spiro atoms. The molecule has 1 unspecified atom stereocenters. The number of likely N-dealkylation sites (tertiary alicyclic amines) is 1. The van der Waals surface area contributed by atoms with Crippen LogP contribution in [0.1, 0.15) is 30.7 Å². The van der Waals surface area contributed by atoms with E-state index in [1.165, 1.54) is 19.3 Å². The highest BCUT2D eigenvalue weighted by Gasteiger charge is 2.25. The number of piperidine rings is 1. The van der Waals surface area contributed by atoms with Crippen molar-refractivity contribution in [2.24, 2.45) is 5.92 Å². The first kappa shape index (κ1) is 16.0. The average molecular weight is 290 g/mol. The summed E-state index contributed by atoms with van der Waals surface area (Å²) in [4.78, 5) is 13.9. The molecule has 1 saturated heterocycles. The number of hydrogen-bond acceptors (Lipinski definition) is 3. The fraction of sp³-hybridized carbons (Fsp3) is 0.588. The molecule has 116 valence electrons. The topological polar surface area (TPSA) is 52.6 Å². The van der Waals surface area contributed by atoms with E-state index in [2.05, 4.69) is 10.2 Å². The number of hydrogen-bond donors (Lipinski definition) is 2. The molecule has 1 fully saturated rings. The lowest BCUT2D eigenvalue weighted by molar-refractivity contribution is -0.139. The molecule has 1 aliphatic heterocycles. The lowest BCUT2D eigenvalue weighted by Crippen LogP contribution is -2.38. The first-order valence-electron chi connectivity index (χ1n) is 7.85. The number of nitrogens with one attached hydrogen (secondary N) is 1. The summed E-state index contributed by atoms with van der Waals surface area (Å²) in [5, 5.41) is 12.7. The van der Waals surface area contributed by atoms with Gasteiger partial charge in [0.25, 0.3) is 0 Å². The molecule has 0 saturated carbocycles. The van der Waals surface area contributed by atoms with Crippen LogP contribution < -0.4 is 5.32 Å². The van der Waals surface area contributed by atoms with Gasteiger partial charge in [0.1, 0.15) is 0 Å². The van der Waals surface area contributed by atoms with Crippen LogP contribution in [0.5, 0.6) is 0 Å². The van der Waals surface area contributed by atoms with Crippen LogP contribution in [0.2, 0.25) is 0 Å². The van der Waals surface area contributed by atoms with Crippen molar-refractivity contribution < 1.29 is 9.90 Å². The molecule has 1 aromatic carbocycles. The maximum Gasteiger partial charge on any atom is 0.312 e. The predicted octanol–water partition coefficient (Wildman–Crippen LogP) is 2.18. The highest BCUT2D eigenvalue weighted by molar-refractivity contribution is 5.76. The molecule has 21 heavy (non-hydrogen) atoms. The number of benzene rings is 1. The Bertz CT molecular complexity index is 428. The predicted molar refractivity (Wildman–Crippen MR) is 84.5 cm³/mol. The Morgan fingerprint density at radius 3 is 2.57 bits per heavy atom. The zero-order valence-electron chi connectivity index (χ0n) is 12.8. The van der Waals surface area contributed by atoms with E-state index < -0.39 is 11.9 Å². The van der Waals surface area contributed by atoms with Crippen molar-refractivity contribution in [2.75, 3.05) is 33.2 Å². The number of carboxylic acids is 1. The highest BCUT2D eigenvalue weighted by Crippen LogP contribution is 2.23. The number of carboxylic acid groups (broad SMARTS) is 1. The molecule has 0 aromatic heterocycles. The van der Waals surface area contributed by atoms with Gasteiger partial charge in [-0.25, -0.2) is 0 Å². The van der Waals surface area contributed by atoms with Crippen LogP contribution in [0.3, 0.4) is 0 Å². The molecule has 1 heterocycles. The summed E-state index contributed by atoms with van der Waals surface area (Å²) in [7, 11) is 1.99. The zero-order chi connectivity index (χ0) is 15.1. The molecular weight excluding hydrogens is 264 g/mol. The van der Waals surface area contributed by atoms with Crippen LogP contribution in [0.4, 0.5) is 0 Å². The van der Waals surface area contributed by atoms with Crippen LogP contribution in [0.25, 0.3) is 0 Å². The van der Waals surface area contributed by atoms with Crippen LogP contribution in [0.15, 0.2) is 30.3 Å². The standard InChI is InChI=1S/C17H26N2O2/c1-18-10-7-14-8-11-19(12-9-14)13-16(17(20)21)15-5-3-2-4-6-15/h2-6,14,16,18H,7-13H2,1H3,(H,20,21). The maximum atomic E-state index is 11.5. The second-order valence-electron chi connectivity index (χ2n) is 5.94. The molecule has 1 aromatic rings. The second-order valence-corrected chi connectivity index (χ2v) is 5.94. The molecule has 4 nitrogen and oxygen atoms in total. The summed E-state index contributed by atoms with van der Waals surface area (Å²) in [5.41, 5.74) is 0.905. The average Bonchev–Trinajstić information content (AvgIpc) is 2.52. The summed E-state index contributed by atoms with van der Waals surface area (Å²) >= 11 is 0. The van der Waals surface area contributed by atoms with Gasteiger partial charge < -0.3 is 15.3 Å². The molecule has 0 radical (unpaired) electrons. The lowest BCUT2D eigenvalue weighted by atomic mass is 9.92. The van der Waals surface area contributed by atoms with Crippen LogP contribution >= 0.6 is 0 Å². The third kappa shape index (κ3) is 4.83. The molecule has 1 atom stereocenters. The zero-order valence-corrected chi connectivity index (χ0v) is 12.8. The Labute approximate surface area is 127 Å². The fourth-order valence-electron chi connectivity index (χ4n) is 3.08. The molecule has 2 rings (SSSR count). The van der Waals surface area contributed by atoms with Crippen molar-refractivity contribution in [2.45, 2.75) is 25.2 Å². The first-order chi connectivity index (χ1) is 10.2. The second kappa shape index (κ2) is 8.15. The quantitative estimate of drug-likeness (QED) is 0.808. The summed E-state index contributed by atoms with van der Waals surface area (Å²) in [5.74, 6) is -0.354. The summed E-state index contributed by atoms with van der Waals surface area (Å²) in [6, 6.07) is 9.58. The van der Waals surface area contributed by atoms with E-state index >= 15 is 0 Å². The SMILES string of the molecule is CNCCC1CCN(CC(C(=O)O)c2ccccc2)CC1. The van der Waals surface area contributed by atoms with Gasteiger partial charge in [-0.2, -0.15) is 0 Å². The van der Waals surface area contributed by atoms with Crippen molar-refractivity contribution in [3.8, 4) is 0 Å². The maximum absolute atomic E-state index is 11.5. The van der Waals surface area contributed by atoms with E-state index in [1.807, 2.05) is 37.4 Å². The summed E-state index contributed by atoms with van der Waals surface area (Å²) in [6.07, 6.45) is 3.59. The van der Waals surface area contributed by atoms with Gasteiger partial charge in [-0.3, -0.25) is 4.79 Å². The number of carbonyl (C=O) groups is 1. The van der Waals surface area contributed by atoms with E-state index in [1.54, 1.807) is 0 Å². The van der Waals surface area contributed by atoms with Gasteiger partial charge in [0, 0.05) is 6.54 Å². The van der Waals surface area contributed by atoms with Crippen molar-refractivity contribution in [1.29, 1.82) is 0 Å². The van der Waals surface area contributed by atoms with Crippen LogP contribution in [-0.2, 0) is 4.79 Å². The molecule has 0 bridgehead atoms. The Hall–Kier alpha value is -1.39. The van der Waals surface area contributed by atoms with E-state index in [4.69, 9.17) is 0 Å². The van der Waals surface area contributed by atoms with Crippen molar-refractivity contribution in [3.05, 3.63) is 35.9 Å². The van der Waals surface area contributed by atoms with Gasteiger partial charge in [0.2, 0.25) is 0 Å². The van der Waals surface area contributed by atoms with Gasteiger partial charge in [-0.15, -0.1) is 0 Å². The minimum atomic E-state index is -0.724. The lowest BCUT2D eigenvalue weighted by Gasteiger charge is -2.33. The minimum Gasteiger partial charge on any atom is -0.481 e. The van der Waals surface area contributed by atoms with Crippen LogP contribution in [-0.4, -0.2) is 49.2 Å². The van der Waals surface area contributed by atoms with E-state index in [0.717, 1.165) is 31.1 Å². The first-order valence-corrected chi connectivity index (χ1v) is 7.85. The van der Waals surface area contributed by atoms with Gasteiger partial charge >= 0.3 is 5.97 Å². The highest BCUT2D eigenvalue weighted by atomic mass is 16.4. The number of aliphatic carboxylic acids is 1. The smallest absolute Gasteiger partial charge is 0.312 e. The normalized spacial score (nSPS) is 18.5. The van der Waals surface area contributed by atoms with Gasteiger partial charge in [-0.1, -0.05) is 30.3 Å². The van der Waals surface area contributed by atoms with Gasteiger partial charge in [-0.05, 0) is 57.4 Å². The molecular formula is C17H26N2O2. The third-order valence-electron chi connectivity index (χ3n) is 4.45. The minimum absolute atomic E-state index is 0.417. The van der Waals surface area contributed by atoms with Crippen molar-refractivity contribution >= 4 is 5.97 Å². The summed E-state index contributed by atoms with van der Waals surface area (Å²) in [6.45, 7) is 3.74. The van der Waals surface area contributed by atoms with E-state index in [-0.39, 0.29) is 0 Å². The largest absolute Gasteiger partial charge is 0.481 e. The molecule has 0 aliphatic carbocycles. The molecule has 0 amide bonds. The van der Waals surface area contributed by atoms with E-state index in [9.17, 15) is 9.90 Å². The number of rotatable bonds is 7. The molecule has 2 N–H and O–H groups in total. The molecule has 4 heteroatoms. The van der Waals surface area contributed by atoms with Crippen LogP contribution in [0, 0.1) is 5.92 Å². The monoisotopic (exact) mass is 290 g/mol. The number of nitrogens with zero attached hydrogens (tertiary/aromatic N) is 1. The molecule has 1 aliphatic rings. The van der Waals surface area contributed by atoms with Gasteiger partial charge in [0.15, 0.2) is 0 Å². The van der Waals surface area contributed by atoms with Crippen molar-refractivity contribution in [3.63, 3.8) is 0 Å². The Balaban J connectivity index is 1.87. The van der Waals surface area contributed by atoms with Crippen molar-refractivity contribution in [1.82, 2.24) is 10.2 Å². The third-order valence-corrected chi connectivity index (χ3v) is 4.45. The fourth-order valence-corrected chi connectivity index (χ4v) is 3.08. The summed E-state index contributed by atoms with van der Waals surface area (Å²) < 4.78 is 0. The van der Waals surface area contributed by atoms with Gasteiger partial charge in [0.05, 0.1) is 5.92 Å².